The molecule has 37 heavy (non-hydrogen) atoms. The van der Waals surface area contributed by atoms with E-state index in [0.717, 1.165) is 5.56 Å². The van der Waals surface area contributed by atoms with E-state index in [4.69, 9.17) is 18.9 Å². The molecule has 1 atom stereocenters. The van der Waals surface area contributed by atoms with Gasteiger partial charge in [-0.25, -0.2) is 9.59 Å². The van der Waals surface area contributed by atoms with Crippen molar-refractivity contribution in [3.05, 3.63) is 71.3 Å². The van der Waals surface area contributed by atoms with Crippen molar-refractivity contribution in [3.8, 4) is 11.8 Å². The Morgan fingerprint density at radius 2 is 1.81 bits per heavy atom. The summed E-state index contributed by atoms with van der Waals surface area (Å²) >= 11 is 0. The van der Waals surface area contributed by atoms with E-state index in [9.17, 15) is 19.6 Å². The predicted molar refractivity (Wildman–Crippen MR) is 136 cm³/mol. The lowest BCUT2D eigenvalue weighted by atomic mass is 10.1. The molecule has 0 bridgehead atoms. The summed E-state index contributed by atoms with van der Waals surface area (Å²) in [6, 6.07) is 15.1. The summed E-state index contributed by atoms with van der Waals surface area (Å²) in [6.07, 6.45) is 1.84. The second-order valence-electron chi connectivity index (χ2n) is 8.95. The highest BCUT2D eigenvalue weighted by molar-refractivity contribution is 5.87. The van der Waals surface area contributed by atoms with Gasteiger partial charge in [0, 0.05) is 11.6 Å². The van der Waals surface area contributed by atoms with Gasteiger partial charge in [0.25, 0.3) is 0 Å². The van der Waals surface area contributed by atoms with Gasteiger partial charge in [0.2, 0.25) is 0 Å². The maximum Gasteiger partial charge on any atom is 0.408 e. The molecule has 0 heterocycles. The maximum absolute atomic E-state index is 12.5. The molecule has 0 saturated carbocycles. The molecule has 0 spiro atoms. The van der Waals surface area contributed by atoms with Crippen LogP contribution in [0.15, 0.2) is 54.6 Å². The minimum atomic E-state index is -0.800. The molecule has 9 nitrogen and oxygen atoms in total. The number of amides is 1. The lowest BCUT2D eigenvalue weighted by Crippen LogP contribution is -2.43. The molecule has 1 amide bonds. The van der Waals surface area contributed by atoms with Gasteiger partial charge >= 0.3 is 18.0 Å². The highest BCUT2D eigenvalue weighted by Gasteiger charge is 2.23. The van der Waals surface area contributed by atoms with Crippen LogP contribution in [0, 0.1) is 11.3 Å². The molecule has 2 aromatic carbocycles. The van der Waals surface area contributed by atoms with Crippen LogP contribution in [0.1, 0.15) is 50.8 Å². The van der Waals surface area contributed by atoms with Gasteiger partial charge in [0.15, 0.2) is 0 Å². The van der Waals surface area contributed by atoms with Crippen molar-refractivity contribution < 1.29 is 33.3 Å². The molecule has 1 N–H and O–H groups in total. The van der Waals surface area contributed by atoms with Crippen molar-refractivity contribution in [3.63, 3.8) is 0 Å². The Balaban J connectivity index is 2.15. The Bertz CT molecular complexity index is 1130. The zero-order valence-electron chi connectivity index (χ0n) is 21.5. The number of esters is 2. The molecule has 196 valence electrons. The molecule has 0 radical (unpaired) electrons. The Morgan fingerprint density at radius 3 is 2.46 bits per heavy atom. The van der Waals surface area contributed by atoms with Crippen LogP contribution in [0.5, 0.6) is 5.75 Å². The zero-order chi connectivity index (χ0) is 27.3. The number of alkyl carbamates (subject to hydrolysis) is 1. The lowest BCUT2D eigenvalue weighted by Gasteiger charge is -2.23. The lowest BCUT2D eigenvalue weighted by molar-refractivity contribution is -0.145. The van der Waals surface area contributed by atoms with Crippen LogP contribution in [0.3, 0.4) is 0 Å². The minimum Gasteiger partial charge on any atom is -0.491 e. The highest BCUT2D eigenvalue weighted by Crippen LogP contribution is 2.23. The van der Waals surface area contributed by atoms with Crippen molar-refractivity contribution in [2.24, 2.45) is 0 Å². The smallest absolute Gasteiger partial charge is 0.408 e. The Kier molecular flexibility index (Phi) is 11.2. The summed E-state index contributed by atoms with van der Waals surface area (Å²) < 4.78 is 21.5. The monoisotopic (exact) mass is 508 g/mol. The number of benzene rings is 2. The standard InChI is InChI=1S/C28H32N2O7/c1-5-34-25(31)14-13-22-12-11-21(17-29)15-24(22)35-19-23(30-27(33)37-28(2,3)4)16-26(32)36-18-20-9-7-6-8-10-20/h6-15,23H,5,16,18-19H2,1-4H3,(H,30,33). The Labute approximate surface area is 217 Å². The van der Waals surface area contributed by atoms with Gasteiger partial charge in [0.05, 0.1) is 30.7 Å². The van der Waals surface area contributed by atoms with Crippen molar-refractivity contribution in [1.82, 2.24) is 5.32 Å². The van der Waals surface area contributed by atoms with Gasteiger partial charge in [-0.3, -0.25) is 4.79 Å². The van der Waals surface area contributed by atoms with Gasteiger partial charge < -0.3 is 24.3 Å². The molecule has 0 aliphatic rings. The molecule has 2 rings (SSSR count). The van der Waals surface area contributed by atoms with E-state index in [0.29, 0.717) is 11.1 Å². The van der Waals surface area contributed by atoms with Crippen LogP contribution in [0.25, 0.3) is 6.08 Å². The summed E-state index contributed by atoms with van der Waals surface area (Å²) in [5.41, 5.74) is 0.933. The summed E-state index contributed by atoms with van der Waals surface area (Å²) in [5, 5.41) is 11.9. The first-order valence-corrected chi connectivity index (χ1v) is 11.8. The molecule has 0 aliphatic heterocycles. The van der Waals surface area contributed by atoms with E-state index < -0.39 is 29.7 Å². The van der Waals surface area contributed by atoms with E-state index in [1.54, 1.807) is 39.8 Å². The molecule has 0 fully saturated rings. The predicted octanol–water partition coefficient (Wildman–Crippen LogP) is 4.54. The van der Waals surface area contributed by atoms with E-state index in [-0.39, 0.29) is 32.0 Å². The third kappa shape index (κ3) is 11.3. The number of carbonyl (C=O) groups is 3. The van der Waals surface area contributed by atoms with Crippen LogP contribution in [0.2, 0.25) is 0 Å². The number of carbonyl (C=O) groups excluding carboxylic acids is 3. The highest BCUT2D eigenvalue weighted by atomic mass is 16.6. The van der Waals surface area contributed by atoms with Crippen molar-refractivity contribution >= 4 is 24.1 Å². The third-order valence-electron chi connectivity index (χ3n) is 4.64. The van der Waals surface area contributed by atoms with Crippen LogP contribution >= 0.6 is 0 Å². The van der Waals surface area contributed by atoms with Crippen LogP contribution in [-0.4, -0.2) is 42.9 Å². The summed E-state index contributed by atoms with van der Waals surface area (Å²) in [7, 11) is 0. The second-order valence-corrected chi connectivity index (χ2v) is 8.95. The number of ether oxygens (including phenoxy) is 4. The zero-order valence-corrected chi connectivity index (χ0v) is 21.5. The van der Waals surface area contributed by atoms with Crippen LogP contribution < -0.4 is 10.1 Å². The first-order valence-electron chi connectivity index (χ1n) is 11.8. The fourth-order valence-corrected chi connectivity index (χ4v) is 3.03. The number of nitrogens with one attached hydrogen (secondary N) is 1. The van der Waals surface area contributed by atoms with Crippen LogP contribution in [-0.2, 0) is 30.4 Å². The van der Waals surface area contributed by atoms with E-state index in [1.807, 2.05) is 36.4 Å². The Morgan fingerprint density at radius 1 is 1.08 bits per heavy atom. The molecular formula is C28H32N2O7. The first kappa shape index (κ1) is 28.9. The summed E-state index contributed by atoms with van der Waals surface area (Å²) in [4.78, 5) is 36.7. The normalized spacial score (nSPS) is 11.8. The number of hydrogen-bond acceptors (Lipinski definition) is 8. The molecular weight excluding hydrogens is 476 g/mol. The molecule has 0 saturated heterocycles. The number of rotatable bonds is 11. The molecule has 9 heteroatoms. The average Bonchev–Trinajstić information content (AvgIpc) is 2.84. The molecule has 0 aromatic heterocycles. The first-order chi connectivity index (χ1) is 17.6. The van der Waals surface area contributed by atoms with Crippen LogP contribution in [0.4, 0.5) is 4.79 Å². The third-order valence-corrected chi connectivity index (χ3v) is 4.64. The average molecular weight is 509 g/mol. The molecule has 2 aromatic rings. The van der Waals surface area contributed by atoms with Crippen molar-refractivity contribution in [1.29, 1.82) is 5.26 Å². The molecule has 0 aliphatic carbocycles. The summed E-state index contributed by atoms with van der Waals surface area (Å²) in [5.74, 6) is -0.779. The fraction of sp³-hybridized carbons (Fsp3) is 0.357. The fourth-order valence-electron chi connectivity index (χ4n) is 3.03. The van der Waals surface area contributed by atoms with Gasteiger partial charge in [-0.15, -0.1) is 0 Å². The Hall–Kier alpha value is -4.32. The van der Waals surface area contributed by atoms with Crippen molar-refractivity contribution in [2.75, 3.05) is 13.2 Å². The topological polar surface area (TPSA) is 124 Å². The maximum atomic E-state index is 12.5. The summed E-state index contributed by atoms with van der Waals surface area (Å²) in [6.45, 7) is 7.07. The largest absolute Gasteiger partial charge is 0.491 e. The van der Waals surface area contributed by atoms with E-state index in [1.165, 1.54) is 18.2 Å². The number of nitriles is 1. The second kappa shape index (κ2) is 14.3. The number of nitrogens with zero attached hydrogens (tertiary/aromatic N) is 1. The van der Waals surface area contributed by atoms with E-state index >= 15 is 0 Å². The minimum absolute atomic E-state index is 0.0900. The van der Waals surface area contributed by atoms with Gasteiger partial charge in [0.1, 0.15) is 24.6 Å². The number of hydrogen-bond donors (Lipinski definition) is 1. The van der Waals surface area contributed by atoms with E-state index in [2.05, 4.69) is 5.32 Å². The van der Waals surface area contributed by atoms with Gasteiger partial charge in [-0.2, -0.15) is 5.26 Å². The van der Waals surface area contributed by atoms with Gasteiger partial charge in [-0.1, -0.05) is 30.3 Å². The molecule has 1 unspecified atom stereocenters. The quantitative estimate of drug-likeness (QED) is 0.267. The van der Waals surface area contributed by atoms with Crippen molar-refractivity contribution in [2.45, 2.75) is 52.4 Å². The SMILES string of the molecule is CCOC(=O)C=Cc1ccc(C#N)cc1OCC(CC(=O)OCc1ccccc1)NC(=O)OC(C)(C)C. The van der Waals surface area contributed by atoms with Gasteiger partial charge in [-0.05, 0) is 57.5 Å².